The predicted octanol–water partition coefficient (Wildman–Crippen LogP) is 0.335. The average molecular weight is 260 g/mol. The van der Waals surface area contributed by atoms with E-state index in [1.807, 2.05) is 0 Å². The van der Waals surface area contributed by atoms with Gasteiger partial charge in [0.2, 0.25) is 0 Å². The normalized spacial score (nSPS) is 23.5. The van der Waals surface area contributed by atoms with Crippen molar-refractivity contribution in [1.29, 1.82) is 0 Å². The molecule has 0 saturated carbocycles. The molecular formula is C13H28N2O3. The third-order valence-electron chi connectivity index (χ3n) is 4.08. The molecule has 0 aromatic carbocycles. The van der Waals surface area contributed by atoms with Crippen LogP contribution in [0, 0.1) is 5.92 Å². The van der Waals surface area contributed by atoms with Gasteiger partial charge in [-0.05, 0) is 13.3 Å². The molecule has 0 amide bonds. The number of methoxy groups -OCH3 is 2. The molecule has 0 aromatic rings. The van der Waals surface area contributed by atoms with Crippen LogP contribution in [0.3, 0.4) is 0 Å². The van der Waals surface area contributed by atoms with Crippen LogP contribution in [0.5, 0.6) is 0 Å². The van der Waals surface area contributed by atoms with E-state index in [1.54, 1.807) is 14.2 Å². The van der Waals surface area contributed by atoms with Crippen molar-refractivity contribution in [2.75, 3.05) is 60.3 Å². The molecule has 2 N–H and O–H groups in total. The summed E-state index contributed by atoms with van der Waals surface area (Å²) in [6.45, 7) is 7.72. The summed E-state index contributed by atoms with van der Waals surface area (Å²) in [4.78, 5) is 2.39. The van der Waals surface area contributed by atoms with Gasteiger partial charge >= 0.3 is 0 Å². The number of rotatable bonds is 9. The van der Waals surface area contributed by atoms with Gasteiger partial charge in [-0.3, -0.25) is 4.90 Å². The Morgan fingerprint density at radius 1 is 1.28 bits per heavy atom. The highest BCUT2D eigenvalue weighted by Gasteiger charge is 2.40. The molecule has 5 nitrogen and oxygen atoms in total. The molecule has 1 heterocycles. The second-order valence-electron chi connectivity index (χ2n) is 5.09. The Balaban J connectivity index is 2.69. The molecule has 108 valence electrons. The first-order valence-electron chi connectivity index (χ1n) is 6.69. The fourth-order valence-electron chi connectivity index (χ4n) is 2.60. The maximum atomic E-state index is 6.05. The van der Waals surface area contributed by atoms with Crippen molar-refractivity contribution in [2.24, 2.45) is 11.7 Å². The lowest BCUT2D eigenvalue weighted by molar-refractivity contribution is 0.00911. The Bertz CT molecular complexity index is 214. The molecule has 0 aromatic heterocycles. The fourth-order valence-corrected chi connectivity index (χ4v) is 2.60. The van der Waals surface area contributed by atoms with Crippen LogP contribution in [0.15, 0.2) is 0 Å². The maximum Gasteiger partial charge on any atom is 0.0589 e. The van der Waals surface area contributed by atoms with Crippen molar-refractivity contribution in [2.45, 2.75) is 18.9 Å². The van der Waals surface area contributed by atoms with E-state index in [9.17, 15) is 0 Å². The van der Waals surface area contributed by atoms with E-state index in [-0.39, 0.29) is 5.54 Å². The molecule has 0 bridgehead atoms. The molecule has 1 aliphatic heterocycles. The highest BCUT2D eigenvalue weighted by Crippen LogP contribution is 2.30. The van der Waals surface area contributed by atoms with Crippen LogP contribution in [0.4, 0.5) is 0 Å². The minimum Gasteiger partial charge on any atom is -0.383 e. The second kappa shape index (κ2) is 8.07. The largest absolute Gasteiger partial charge is 0.383 e. The van der Waals surface area contributed by atoms with Gasteiger partial charge in [-0.2, -0.15) is 0 Å². The van der Waals surface area contributed by atoms with Crippen molar-refractivity contribution in [3.05, 3.63) is 0 Å². The van der Waals surface area contributed by atoms with Crippen molar-refractivity contribution in [1.82, 2.24) is 4.90 Å². The number of hydrogen-bond donors (Lipinski definition) is 1. The van der Waals surface area contributed by atoms with Crippen LogP contribution >= 0.6 is 0 Å². The topological polar surface area (TPSA) is 57.0 Å². The van der Waals surface area contributed by atoms with Crippen molar-refractivity contribution in [3.8, 4) is 0 Å². The summed E-state index contributed by atoms with van der Waals surface area (Å²) >= 11 is 0. The van der Waals surface area contributed by atoms with Gasteiger partial charge in [0.15, 0.2) is 0 Å². The molecular weight excluding hydrogens is 232 g/mol. The lowest BCUT2D eigenvalue weighted by Gasteiger charge is -2.44. The van der Waals surface area contributed by atoms with Gasteiger partial charge in [-0.15, -0.1) is 0 Å². The van der Waals surface area contributed by atoms with E-state index < -0.39 is 0 Å². The minimum absolute atomic E-state index is 0.0342. The summed E-state index contributed by atoms with van der Waals surface area (Å²) < 4.78 is 15.9. The Morgan fingerprint density at radius 3 is 2.28 bits per heavy atom. The van der Waals surface area contributed by atoms with Gasteiger partial charge in [0.05, 0.1) is 19.8 Å². The van der Waals surface area contributed by atoms with E-state index in [0.29, 0.717) is 25.7 Å². The quantitative estimate of drug-likeness (QED) is 0.648. The SMILES string of the molecule is COCCN(CCOC)C(C)(CN)C1CCOC1. The third kappa shape index (κ3) is 3.90. The van der Waals surface area contributed by atoms with E-state index in [4.69, 9.17) is 19.9 Å². The first-order chi connectivity index (χ1) is 8.69. The van der Waals surface area contributed by atoms with Crippen molar-refractivity contribution >= 4 is 0 Å². The molecule has 1 rings (SSSR count). The van der Waals surface area contributed by atoms with Crippen molar-refractivity contribution in [3.63, 3.8) is 0 Å². The first kappa shape index (κ1) is 15.9. The highest BCUT2D eigenvalue weighted by molar-refractivity contribution is 4.95. The van der Waals surface area contributed by atoms with E-state index in [1.165, 1.54) is 0 Å². The zero-order valence-electron chi connectivity index (χ0n) is 12.0. The van der Waals surface area contributed by atoms with E-state index in [0.717, 1.165) is 32.7 Å². The summed E-state index contributed by atoms with van der Waals surface area (Å²) in [6.07, 6.45) is 1.09. The molecule has 2 atom stereocenters. The molecule has 0 radical (unpaired) electrons. The smallest absolute Gasteiger partial charge is 0.0589 e. The predicted molar refractivity (Wildman–Crippen MR) is 71.7 cm³/mol. The van der Waals surface area contributed by atoms with Gasteiger partial charge in [0.1, 0.15) is 0 Å². The third-order valence-corrected chi connectivity index (χ3v) is 4.08. The molecule has 1 saturated heterocycles. The summed E-state index contributed by atoms with van der Waals surface area (Å²) in [6, 6.07) is 0. The van der Waals surface area contributed by atoms with Crippen LogP contribution in [0.2, 0.25) is 0 Å². The van der Waals surface area contributed by atoms with Crippen LogP contribution in [0.1, 0.15) is 13.3 Å². The highest BCUT2D eigenvalue weighted by atomic mass is 16.5. The Kier molecular flexibility index (Phi) is 7.11. The lowest BCUT2D eigenvalue weighted by atomic mass is 9.83. The van der Waals surface area contributed by atoms with Crippen LogP contribution in [-0.2, 0) is 14.2 Å². The monoisotopic (exact) mass is 260 g/mol. The van der Waals surface area contributed by atoms with Gasteiger partial charge in [-0.1, -0.05) is 0 Å². The minimum atomic E-state index is -0.0342. The first-order valence-corrected chi connectivity index (χ1v) is 6.69. The molecule has 0 aliphatic carbocycles. The van der Waals surface area contributed by atoms with Crippen LogP contribution in [-0.4, -0.2) is 70.7 Å². The molecule has 0 spiro atoms. The molecule has 5 heteroatoms. The molecule has 1 fully saturated rings. The molecule has 18 heavy (non-hydrogen) atoms. The van der Waals surface area contributed by atoms with Crippen LogP contribution in [0.25, 0.3) is 0 Å². The zero-order valence-corrected chi connectivity index (χ0v) is 12.0. The molecule has 1 aliphatic rings. The molecule has 2 unspecified atom stereocenters. The number of nitrogens with zero attached hydrogens (tertiary/aromatic N) is 1. The van der Waals surface area contributed by atoms with Crippen molar-refractivity contribution < 1.29 is 14.2 Å². The van der Waals surface area contributed by atoms with Gasteiger partial charge in [0, 0.05) is 51.9 Å². The van der Waals surface area contributed by atoms with Gasteiger partial charge in [0.25, 0.3) is 0 Å². The standard InChI is InChI=1S/C13H28N2O3/c1-13(11-14,12-4-7-18-10-12)15(5-8-16-2)6-9-17-3/h12H,4-11,14H2,1-3H3. The Labute approximate surface area is 111 Å². The summed E-state index contributed by atoms with van der Waals surface area (Å²) in [5, 5.41) is 0. The van der Waals surface area contributed by atoms with Crippen LogP contribution < -0.4 is 5.73 Å². The summed E-state index contributed by atoms with van der Waals surface area (Å²) in [7, 11) is 3.46. The maximum absolute atomic E-state index is 6.05. The van der Waals surface area contributed by atoms with E-state index in [2.05, 4.69) is 11.8 Å². The summed E-state index contributed by atoms with van der Waals surface area (Å²) in [5.74, 6) is 0.496. The Hall–Kier alpha value is -0.200. The summed E-state index contributed by atoms with van der Waals surface area (Å²) in [5.41, 5.74) is 6.02. The lowest BCUT2D eigenvalue weighted by Crippen LogP contribution is -2.58. The van der Waals surface area contributed by atoms with Gasteiger partial charge < -0.3 is 19.9 Å². The van der Waals surface area contributed by atoms with Gasteiger partial charge in [-0.25, -0.2) is 0 Å². The fraction of sp³-hybridized carbons (Fsp3) is 1.00. The zero-order chi connectivity index (χ0) is 13.4. The average Bonchev–Trinajstić information content (AvgIpc) is 2.92. The Morgan fingerprint density at radius 2 is 1.89 bits per heavy atom. The number of ether oxygens (including phenoxy) is 3. The number of nitrogens with two attached hydrogens (primary N) is 1. The number of hydrogen-bond acceptors (Lipinski definition) is 5. The second-order valence-corrected chi connectivity index (χ2v) is 5.09. The van der Waals surface area contributed by atoms with E-state index >= 15 is 0 Å².